The summed E-state index contributed by atoms with van der Waals surface area (Å²) >= 11 is 0. The van der Waals surface area contributed by atoms with E-state index in [2.05, 4.69) is 10.2 Å². The number of aromatic amines is 1. The minimum Gasteiger partial charge on any atom is -0.479 e. The van der Waals surface area contributed by atoms with Crippen LogP contribution in [-0.2, 0) is 9.59 Å². The van der Waals surface area contributed by atoms with E-state index in [0.29, 0.717) is 11.8 Å². The standard InChI is InChI=1S/C12H11N3O4.C7H5F2NO/c16-10-12(19,11(17)18)3-4-15(10)8-1-2-9-7(5-8)6-13-14-9;8-5-1-4(7(10)11)2-6(9)3-5/h1-2,5-6,19H,3-4H2,(H,13,14)(H,17,18);1-3H,(H2,10,11). The highest BCUT2D eigenvalue weighted by Crippen LogP contribution is 2.30. The largest absolute Gasteiger partial charge is 0.479 e. The number of carboxylic acid groups (broad SMARTS) is 1. The third-order valence-corrected chi connectivity index (χ3v) is 4.53. The van der Waals surface area contributed by atoms with Gasteiger partial charge < -0.3 is 20.8 Å². The van der Waals surface area contributed by atoms with Crippen molar-refractivity contribution in [2.75, 3.05) is 11.4 Å². The van der Waals surface area contributed by atoms with Crippen molar-refractivity contribution in [3.63, 3.8) is 0 Å². The zero-order valence-corrected chi connectivity index (χ0v) is 15.3. The number of rotatable bonds is 3. The second-order valence-corrected chi connectivity index (χ2v) is 6.54. The summed E-state index contributed by atoms with van der Waals surface area (Å²) in [6, 6.07) is 7.60. The van der Waals surface area contributed by atoms with Gasteiger partial charge in [0.2, 0.25) is 11.5 Å². The van der Waals surface area contributed by atoms with Gasteiger partial charge in [-0.05, 0) is 30.3 Å². The highest BCUT2D eigenvalue weighted by atomic mass is 19.1. The average molecular weight is 418 g/mol. The lowest BCUT2D eigenvalue weighted by molar-refractivity contribution is -0.162. The topological polar surface area (TPSA) is 150 Å². The third kappa shape index (κ3) is 3.96. The van der Waals surface area contributed by atoms with E-state index in [4.69, 9.17) is 10.8 Å². The minimum atomic E-state index is -2.31. The summed E-state index contributed by atoms with van der Waals surface area (Å²) in [4.78, 5) is 34.7. The van der Waals surface area contributed by atoms with E-state index >= 15 is 0 Å². The maximum Gasteiger partial charge on any atom is 0.345 e. The molecule has 1 fully saturated rings. The summed E-state index contributed by atoms with van der Waals surface area (Å²) in [6.45, 7) is 0.172. The molecule has 3 aromatic rings. The molecule has 0 radical (unpaired) electrons. The van der Waals surface area contributed by atoms with E-state index in [1.165, 1.54) is 4.90 Å². The monoisotopic (exact) mass is 418 g/mol. The molecule has 11 heteroatoms. The number of carbonyl (C=O) groups is 3. The number of fused-ring (bicyclic) bond motifs is 1. The molecular formula is C19H16F2N4O5. The summed E-state index contributed by atoms with van der Waals surface area (Å²) in [5, 5.41) is 26.2. The number of benzene rings is 2. The van der Waals surface area contributed by atoms with E-state index in [9.17, 15) is 28.3 Å². The Hall–Kier alpha value is -3.86. The van der Waals surface area contributed by atoms with Crippen LogP contribution in [0.15, 0.2) is 42.6 Å². The summed E-state index contributed by atoms with van der Waals surface area (Å²) in [5.74, 6) is -4.77. The van der Waals surface area contributed by atoms with Gasteiger partial charge in [-0.3, -0.25) is 14.7 Å². The van der Waals surface area contributed by atoms with Gasteiger partial charge in [-0.25, -0.2) is 13.6 Å². The van der Waals surface area contributed by atoms with Crippen LogP contribution in [0.25, 0.3) is 10.9 Å². The number of anilines is 1. The number of carbonyl (C=O) groups excluding carboxylic acids is 2. The smallest absolute Gasteiger partial charge is 0.345 e. The Morgan fingerprint density at radius 2 is 1.83 bits per heavy atom. The zero-order valence-electron chi connectivity index (χ0n) is 15.3. The van der Waals surface area contributed by atoms with Crippen molar-refractivity contribution >= 4 is 34.4 Å². The highest BCUT2D eigenvalue weighted by Gasteiger charge is 2.52. The van der Waals surface area contributed by atoms with E-state index in [-0.39, 0.29) is 18.5 Å². The molecule has 0 aliphatic carbocycles. The summed E-state index contributed by atoms with van der Waals surface area (Å²) in [7, 11) is 0. The van der Waals surface area contributed by atoms with Crippen molar-refractivity contribution in [3.05, 3.63) is 59.8 Å². The average Bonchev–Trinajstić information content (AvgIpc) is 3.26. The Bertz CT molecular complexity index is 1130. The number of halogens is 2. The number of primary amides is 1. The third-order valence-electron chi connectivity index (χ3n) is 4.53. The van der Waals surface area contributed by atoms with Crippen LogP contribution in [0.5, 0.6) is 0 Å². The summed E-state index contributed by atoms with van der Waals surface area (Å²) in [6.07, 6.45) is 1.49. The van der Waals surface area contributed by atoms with E-state index in [1.807, 2.05) is 0 Å². The van der Waals surface area contributed by atoms with Gasteiger partial charge in [0, 0.05) is 35.7 Å². The van der Waals surface area contributed by atoms with Crippen molar-refractivity contribution < 1.29 is 33.4 Å². The van der Waals surface area contributed by atoms with E-state index in [0.717, 1.165) is 23.0 Å². The van der Waals surface area contributed by atoms with Crippen LogP contribution >= 0.6 is 0 Å². The number of aromatic nitrogens is 2. The number of aliphatic hydroxyl groups is 1. The van der Waals surface area contributed by atoms with Crippen LogP contribution in [-0.4, -0.2) is 50.3 Å². The fourth-order valence-electron chi connectivity index (χ4n) is 2.94. The van der Waals surface area contributed by atoms with Gasteiger partial charge in [0.05, 0.1) is 11.7 Å². The molecule has 1 aromatic heterocycles. The summed E-state index contributed by atoms with van der Waals surface area (Å²) in [5.41, 5.74) is 3.68. The first-order valence-corrected chi connectivity index (χ1v) is 8.58. The Kier molecular flexibility index (Phi) is 5.47. The maximum atomic E-state index is 12.3. The summed E-state index contributed by atoms with van der Waals surface area (Å²) < 4.78 is 24.7. The molecule has 4 rings (SSSR count). The maximum absolute atomic E-state index is 12.3. The van der Waals surface area contributed by atoms with Crippen molar-refractivity contribution in [2.24, 2.45) is 5.73 Å². The first kappa shape index (κ1) is 20.9. The fraction of sp³-hybridized carbons (Fsp3) is 0.158. The van der Waals surface area contributed by atoms with Gasteiger partial charge in [0.15, 0.2) is 0 Å². The predicted molar refractivity (Wildman–Crippen MR) is 101 cm³/mol. The number of nitrogens with one attached hydrogen (secondary N) is 1. The fourth-order valence-corrected chi connectivity index (χ4v) is 2.94. The number of H-pyrrole nitrogens is 1. The van der Waals surface area contributed by atoms with E-state index < -0.39 is 35.0 Å². The molecule has 1 aliphatic rings. The highest BCUT2D eigenvalue weighted by molar-refractivity contribution is 6.14. The Morgan fingerprint density at radius 1 is 1.17 bits per heavy atom. The Balaban J connectivity index is 0.000000199. The lowest BCUT2D eigenvalue weighted by atomic mass is 10.0. The molecule has 1 saturated heterocycles. The molecular weight excluding hydrogens is 402 g/mol. The first-order chi connectivity index (χ1) is 14.1. The quantitative estimate of drug-likeness (QED) is 0.469. The molecule has 1 atom stereocenters. The van der Waals surface area contributed by atoms with Gasteiger partial charge in [0.25, 0.3) is 5.91 Å². The molecule has 9 nitrogen and oxygen atoms in total. The van der Waals surface area contributed by atoms with Gasteiger partial charge in [0.1, 0.15) is 11.6 Å². The molecule has 0 saturated carbocycles. The second-order valence-electron chi connectivity index (χ2n) is 6.54. The van der Waals surface area contributed by atoms with Gasteiger partial charge >= 0.3 is 5.97 Å². The number of nitrogens with zero attached hydrogens (tertiary/aromatic N) is 2. The molecule has 2 amide bonds. The van der Waals surface area contributed by atoms with Crippen LogP contribution in [0.3, 0.4) is 0 Å². The van der Waals surface area contributed by atoms with Crippen LogP contribution < -0.4 is 10.6 Å². The Morgan fingerprint density at radius 3 is 2.40 bits per heavy atom. The normalized spacial score (nSPS) is 18.2. The molecule has 2 heterocycles. The molecule has 2 aromatic carbocycles. The number of amides is 2. The molecule has 30 heavy (non-hydrogen) atoms. The second kappa shape index (κ2) is 7.87. The molecule has 0 bridgehead atoms. The minimum absolute atomic E-state index is 0.120. The van der Waals surface area contributed by atoms with Gasteiger partial charge in [-0.15, -0.1) is 0 Å². The van der Waals surface area contributed by atoms with Crippen molar-refractivity contribution in [1.29, 1.82) is 0 Å². The first-order valence-electron chi connectivity index (χ1n) is 8.58. The zero-order chi connectivity index (χ0) is 22.1. The number of nitrogens with two attached hydrogens (primary N) is 1. The molecule has 0 spiro atoms. The number of hydrogen-bond acceptors (Lipinski definition) is 5. The lowest BCUT2D eigenvalue weighted by Crippen LogP contribution is -2.46. The molecule has 1 unspecified atom stereocenters. The predicted octanol–water partition coefficient (Wildman–Crippen LogP) is 1.18. The van der Waals surface area contributed by atoms with Crippen LogP contribution in [0.4, 0.5) is 14.5 Å². The molecule has 1 aliphatic heterocycles. The van der Waals surface area contributed by atoms with Crippen molar-refractivity contribution in [2.45, 2.75) is 12.0 Å². The SMILES string of the molecule is NC(=O)c1cc(F)cc(F)c1.O=C(O)C1(O)CCN(c2ccc3[nH]ncc3c2)C1=O. The van der Waals surface area contributed by atoms with Crippen LogP contribution in [0, 0.1) is 11.6 Å². The number of carboxylic acids is 1. The molecule has 156 valence electrons. The van der Waals surface area contributed by atoms with Gasteiger partial charge in [-0.2, -0.15) is 5.10 Å². The van der Waals surface area contributed by atoms with E-state index in [1.54, 1.807) is 24.4 Å². The van der Waals surface area contributed by atoms with Crippen LogP contribution in [0.1, 0.15) is 16.8 Å². The van der Waals surface area contributed by atoms with Gasteiger partial charge in [-0.1, -0.05) is 0 Å². The van der Waals surface area contributed by atoms with Crippen molar-refractivity contribution in [3.8, 4) is 0 Å². The van der Waals surface area contributed by atoms with Crippen LogP contribution in [0.2, 0.25) is 0 Å². The van der Waals surface area contributed by atoms with Crippen molar-refractivity contribution in [1.82, 2.24) is 10.2 Å². The molecule has 5 N–H and O–H groups in total. The number of hydrogen-bond donors (Lipinski definition) is 4. The number of aliphatic carboxylic acids is 1. The Labute approximate surface area is 167 Å². The lowest BCUT2D eigenvalue weighted by Gasteiger charge is -2.18.